The van der Waals surface area contributed by atoms with E-state index in [4.69, 9.17) is 9.47 Å². The lowest BCUT2D eigenvalue weighted by Crippen LogP contribution is -2.61. The number of hydrogen-bond acceptors (Lipinski definition) is 4. The van der Waals surface area contributed by atoms with Gasteiger partial charge in [-0.25, -0.2) is 0 Å². The van der Waals surface area contributed by atoms with Gasteiger partial charge in [0.05, 0.1) is 0 Å². The topological polar surface area (TPSA) is 24.9 Å². The molecule has 2 aliphatic carbocycles. The summed E-state index contributed by atoms with van der Waals surface area (Å²) in [5.41, 5.74) is 20.6. The van der Waals surface area contributed by atoms with Crippen LogP contribution in [0.2, 0.25) is 0 Å². The fourth-order valence-corrected chi connectivity index (χ4v) is 10.1. The van der Waals surface area contributed by atoms with Crippen molar-refractivity contribution in [1.82, 2.24) is 0 Å². The summed E-state index contributed by atoms with van der Waals surface area (Å²) in [6, 6.07) is 31.0. The maximum atomic E-state index is 6.32. The maximum Gasteiger partial charge on any atom is 0.252 e. The highest BCUT2D eigenvalue weighted by Crippen LogP contribution is 2.49. The molecule has 10 rings (SSSR count). The number of aryl methyl sites for hydroxylation is 1. The molecule has 5 heteroatoms. The highest BCUT2D eigenvalue weighted by Gasteiger charge is 2.46. The molecule has 0 saturated carbocycles. The molecule has 0 radical (unpaired) electrons. The average Bonchev–Trinajstić information content (AvgIpc) is 3.57. The molecule has 4 nitrogen and oxygen atoms in total. The van der Waals surface area contributed by atoms with Crippen molar-refractivity contribution < 1.29 is 9.47 Å². The van der Waals surface area contributed by atoms with Crippen LogP contribution in [0.5, 0.6) is 11.5 Å². The van der Waals surface area contributed by atoms with E-state index < -0.39 is 0 Å². The van der Waals surface area contributed by atoms with Crippen LogP contribution < -0.4 is 35.7 Å². The van der Waals surface area contributed by atoms with Gasteiger partial charge >= 0.3 is 0 Å². The molecule has 5 aromatic carbocycles. The minimum Gasteiger partial charge on any atom is -0.486 e. The van der Waals surface area contributed by atoms with Crippen molar-refractivity contribution in [2.45, 2.75) is 86.5 Å². The molecule has 3 heterocycles. The first kappa shape index (κ1) is 32.0. The van der Waals surface area contributed by atoms with Crippen molar-refractivity contribution in [3.63, 3.8) is 0 Å². The molecular weight excluding hydrogens is 635 g/mol. The molecule has 5 aliphatic rings. The van der Waals surface area contributed by atoms with Crippen LogP contribution in [0.25, 0.3) is 0 Å². The number of hydrogen-bond donors (Lipinski definition) is 0. The number of rotatable bonds is 2. The van der Waals surface area contributed by atoms with Crippen LogP contribution in [-0.2, 0) is 31.1 Å². The Kier molecular flexibility index (Phi) is 6.60. The van der Waals surface area contributed by atoms with Gasteiger partial charge in [-0.3, -0.25) is 0 Å². The van der Waals surface area contributed by atoms with E-state index in [0.29, 0.717) is 18.6 Å². The van der Waals surface area contributed by atoms with E-state index >= 15 is 0 Å². The SMILES string of the molecule is Cc1cc2c3c(c1)N(c1ccc(C(C)(C)C)cc1)c1cc4c(cc1B3c1cc3c(cc1N2c1ccc2c(c1)CC(C)(C)C2)CC(C)(C)C3)OCCO4. The second-order valence-electron chi connectivity index (χ2n) is 18.8. The lowest BCUT2D eigenvalue weighted by Gasteiger charge is -2.45. The lowest BCUT2D eigenvalue weighted by atomic mass is 9.33. The Morgan fingerprint density at radius 1 is 0.558 bits per heavy atom. The Hall–Kier alpha value is -4.64. The Morgan fingerprint density at radius 3 is 1.73 bits per heavy atom. The first-order valence-corrected chi connectivity index (χ1v) is 19.3. The molecule has 52 heavy (non-hydrogen) atoms. The molecule has 0 bridgehead atoms. The summed E-state index contributed by atoms with van der Waals surface area (Å²) in [5.74, 6) is 1.67. The molecule has 0 N–H and O–H groups in total. The van der Waals surface area contributed by atoms with Gasteiger partial charge in [-0.1, -0.05) is 72.7 Å². The smallest absolute Gasteiger partial charge is 0.252 e. The van der Waals surface area contributed by atoms with E-state index in [-0.39, 0.29) is 17.5 Å². The summed E-state index contributed by atoms with van der Waals surface area (Å²) in [4.78, 5) is 5.10. The van der Waals surface area contributed by atoms with Crippen LogP contribution in [0.15, 0.2) is 78.9 Å². The maximum absolute atomic E-state index is 6.32. The monoisotopic (exact) mass is 684 g/mol. The van der Waals surface area contributed by atoms with E-state index in [0.717, 1.165) is 42.9 Å². The predicted octanol–water partition coefficient (Wildman–Crippen LogP) is 9.40. The third kappa shape index (κ3) is 4.87. The van der Waals surface area contributed by atoms with E-state index in [1.807, 2.05) is 0 Å². The first-order chi connectivity index (χ1) is 24.7. The number of nitrogens with zero attached hydrogens (tertiary/aromatic N) is 2. The zero-order valence-electron chi connectivity index (χ0n) is 32.0. The van der Waals surface area contributed by atoms with Crippen LogP contribution in [0.4, 0.5) is 34.1 Å². The fraction of sp³-hybridized carbons (Fsp3) is 0.362. The number of ether oxygens (including phenoxy) is 2. The zero-order valence-corrected chi connectivity index (χ0v) is 32.0. The Morgan fingerprint density at radius 2 is 1.08 bits per heavy atom. The number of fused-ring (bicyclic) bond motifs is 7. The minimum absolute atomic E-state index is 0.0511. The molecular formula is C47H49BN2O2. The van der Waals surface area contributed by atoms with Gasteiger partial charge in [0.25, 0.3) is 6.71 Å². The van der Waals surface area contributed by atoms with Gasteiger partial charge in [-0.2, -0.15) is 0 Å². The molecule has 0 atom stereocenters. The van der Waals surface area contributed by atoms with Crippen molar-refractivity contribution in [2.75, 3.05) is 23.0 Å². The molecule has 262 valence electrons. The summed E-state index contributed by atoms with van der Waals surface area (Å²) in [5, 5.41) is 0. The van der Waals surface area contributed by atoms with Crippen molar-refractivity contribution in [1.29, 1.82) is 0 Å². The summed E-state index contributed by atoms with van der Waals surface area (Å²) < 4.78 is 12.6. The molecule has 0 amide bonds. The summed E-state index contributed by atoms with van der Waals surface area (Å²) in [6.07, 6.45) is 4.46. The molecule has 0 fully saturated rings. The van der Waals surface area contributed by atoms with Gasteiger partial charge in [0.1, 0.15) is 13.2 Å². The van der Waals surface area contributed by atoms with Gasteiger partial charge in [-0.15, -0.1) is 0 Å². The Balaban J connectivity index is 1.26. The second-order valence-corrected chi connectivity index (χ2v) is 18.8. The highest BCUT2D eigenvalue weighted by atomic mass is 16.6. The Labute approximate surface area is 309 Å². The largest absolute Gasteiger partial charge is 0.486 e. The van der Waals surface area contributed by atoms with Gasteiger partial charge in [0.2, 0.25) is 0 Å². The highest BCUT2D eigenvalue weighted by molar-refractivity contribution is 7.00. The van der Waals surface area contributed by atoms with Crippen LogP contribution in [0, 0.1) is 17.8 Å². The van der Waals surface area contributed by atoms with Gasteiger partial charge < -0.3 is 19.3 Å². The molecule has 3 aliphatic heterocycles. The standard InChI is InChI=1S/C47H49BN2O2/c1-28-17-40-44-41(18-28)50(35-12-9-29-24-46(5,6)25-30(29)19-35)38-21-32-27-47(7,8)26-31(32)20-36(38)48(44)37-22-42-43(52-16-15-51-42)23-39(37)49(40)34-13-10-33(11-14-34)45(2,3)4/h9-14,17-23H,15-16,24-27H2,1-8H3. The van der Waals surface area contributed by atoms with Crippen molar-refractivity contribution in [2.24, 2.45) is 10.8 Å². The number of anilines is 6. The first-order valence-electron chi connectivity index (χ1n) is 19.3. The van der Waals surface area contributed by atoms with E-state index in [9.17, 15) is 0 Å². The Bertz CT molecular complexity index is 2330. The van der Waals surface area contributed by atoms with E-state index in [1.165, 1.54) is 78.2 Å². The lowest BCUT2D eigenvalue weighted by molar-refractivity contribution is 0.172. The fourth-order valence-electron chi connectivity index (χ4n) is 10.1. The van der Waals surface area contributed by atoms with E-state index in [1.54, 1.807) is 0 Å². The summed E-state index contributed by atoms with van der Waals surface area (Å²) in [7, 11) is 0. The molecule has 0 aromatic heterocycles. The molecule has 0 saturated heterocycles. The van der Waals surface area contributed by atoms with Crippen molar-refractivity contribution in [3.05, 3.63) is 112 Å². The number of benzene rings is 5. The van der Waals surface area contributed by atoms with Crippen LogP contribution in [0.1, 0.15) is 81.8 Å². The third-order valence-electron chi connectivity index (χ3n) is 12.3. The van der Waals surface area contributed by atoms with E-state index in [2.05, 4.69) is 144 Å². The summed E-state index contributed by atoms with van der Waals surface area (Å²) in [6.45, 7) is 19.9. The second kappa shape index (κ2) is 10.7. The quantitative estimate of drug-likeness (QED) is 0.170. The zero-order chi connectivity index (χ0) is 35.9. The van der Waals surface area contributed by atoms with Crippen LogP contribution >= 0.6 is 0 Å². The van der Waals surface area contributed by atoms with Crippen LogP contribution in [-0.4, -0.2) is 19.9 Å². The minimum atomic E-state index is 0.0511. The van der Waals surface area contributed by atoms with Gasteiger partial charge in [-0.05, 0) is 147 Å². The predicted molar refractivity (Wildman–Crippen MR) is 217 cm³/mol. The van der Waals surface area contributed by atoms with Gasteiger partial charge in [0, 0.05) is 40.2 Å². The van der Waals surface area contributed by atoms with Crippen LogP contribution in [0.3, 0.4) is 0 Å². The van der Waals surface area contributed by atoms with Crippen molar-refractivity contribution >= 4 is 57.2 Å². The molecule has 5 aromatic rings. The summed E-state index contributed by atoms with van der Waals surface area (Å²) >= 11 is 0. The molecule has 0 spiro atoms. The molecule has 0 unspecified atom stereocenters. The van der Waals surface area contributed by atoms with Crippen molar-refractivity contribution in [3.8, 4) is 11.5 Å². The average molecular weight is 685 g/mol. The normalized spacial score (nSPS) is 18.4. The van der Waals surface area contributed by atoms with Gasteiger partial charge in [0.15, 0.2) is 11.5 Å². The third-order valence-corrected chi connectivity index (χ3v) is 12.3.